The second-order valence-electron chi connectivity index (χ2n) is 5.48. The predicted octanol–water partition coefficient (Wildman–Crippen LogP) is 4.68. The normalized spacial score (nSPS) is 11.3. The van der Waals surface area contributed by atoms with Gasteiger partial charge in [-0.15, -0.1) is 22.9 Å². The lowest BCUT2D eigenvalue weighted by Crippen LogP contribution is -2.11. The molecule has 4 rings (SSSR count). The lowest BCUT2D eigenvalue weighted by Gasteiger charge is -2.09. The molecule has 132 valence electrons. The van der Waals surface area contributed by atoms with E-state index in [1.807, 2.05) is 41.1 Å². The molecule has 0 saturated heterocycles. The van der Waals surface area contributed by atoms with Gasteiger partial charge in [-0.05, 0) is 35.0 Å². The summed E-state index contributed by atoms with van der Waals surface area (Å²) in [5.41, 5.74) is 2.80. The van der Waals surface area contributed by atoms with Crippen molar-refractivity contribution in [3.05, 3.63) is 53.7 Å². The lowest BCUT2D eigenvalue weighted by atomic mass is 10.3. The molecule has 5 nitrogen and oxygen atoms in total. The molecule has 0 aliphatic rings. The Morgan fingerprint density at radius 3 is 3.04 bits per heavy atom. The van der Waals surface area contributed by atoms with Gasteiger partial charge in [-0.25, -0.2) is 4.98 Å². The average Bonchev–Trinajstić information content (AvgIpc) is 3.29. The summed E-state index contributed by atoms with van der Waals surface area (Å²) in [7, 11) is 0. The Balaban J connectivity index is 1.63. The summed E-state index contributed by atoms with van der Waals surface area (Å²) >= 11 is 8.79. The highest BCUT2D eigenvalue weighted by Gasteiger charge is 2.14. The Morgan fingerprint density at radius 1 is 1.27 bits per heavy atom. The van der Waals surface area contributed by atoms with Crippen LogP contribution in [0.15, 0.2) is 53.1 Å². The van der Waals surface area contributed by atoms with Crippen molar-refractivity contribution in [2.45, 2.75) is 17.6 Å². The van der Waals surface area contributed by atoms with Gasteiger partial charge in [-0.2, -0.15) is 0 Å². The zero-order valence-corrected chi connectivity index (χ0v) is 16.0. The number of ether oxygens (including phenoxy) is 1. The fourth-order valence-electron chi connectivity index (χ4n) is 2.65. The van der Waals surface area contributed by atoms with Crippen LogP contribution < -0.4 is 0 Å². The van der Waals surface area contributed by atoms with Gasteiger partial charge in [0.1, 0.15) is 5.88 Å². The highest BCUT2D eigenvalue weighted by atomic mass is 35.5. The van der Waals surface area contributed by atoms with Gasteiger partial charge < -0.3 is 4.74 Å². The molecule has 0 atom stereocenters. The summed E-state index contributed by atoms with van der Waals surface area (Å²) < 4.78 is 8.30. The molecule has 0 radical (unpaired) electrons. The fraction of sp³-hybridized carbons (Fsp3) is 0.167. The summed E-state index contributed by atoms with van der Waals surface area (Å²) in [6.45, 7) is 0.0883. The third-order valence-corrected chi connectivity index (χ3v) is 6.05. The van der Waals surface area contributed by atoms with E-state index < -0.39 is 5.97 Å². The van der Waals surface area contributed by atoms with E-state index in [2.05, 4.69) is 21.4 Å². The van der Waals surface area contributed by atoms with Crippen LogP contribution in [-0.4, -0.2) is 26.4 Å². The molecule has 1 aromatic carbocycles. The number of carbonyl (C=O) groups is 1. The van der Waals surface area contributed by atoms with E-state index in [0.717, 1.165) is 21.9 Å². The number of thiophene rings is 1. The molecule has 0 unspecified atom stereocenters. The van der Waals surface area contributed by atoms with Crippen molar-refractivity contribution in [1.82, 2.24) is 14.5 Å². The summed E-state index contributed by atoms with van der Waals surface area (Å²) in [6, 6.07) is 11.9. The first-order valence-electron chi connectivity index (χ1n) is 7.87. The second kappa shape index (κ2) is 7.65. The van der Waals surface area contributed by atoms with Crippen LogP contribution in [0.1, 0.15) is 5.69 Å². The number of carbonyl (C=O) groups excluding carboxylic acids is 1. The average molecular weight is 404 g/mol. The van der Waals surface area contributed by atoms with Gasteiger partial charge >= 0.3 is 5.97 Å². The van der Waals surface area contributed by atoms with Gasteiger partial charge in [0, 0.05) is 11.9 Å². The Bertz CT molecular complexity index is 1080. The van der Waals surface area contributed by atoms with Crippen molar-refractivity contribution in [3.8, 4) is 0 Å². The summed E-state index contributed by atoms with van der Waals surface area (Å²) in [5, 5.41) is 4.05. The third-order valence-electron chi connectivity index (χ3n) is 3.86. The van der Waals surface area contributed by atoms with Crippen LogP contribution in [0.2, 0.25) is 0 Å². The van der Waals surface area contributed by atoms with Crippen molar-refractivity contribution in [2.75, 3.05) is 5.88 Å². The lowest BCUT2D eigenvalue weighted by molar-refractivity contribution is -0.144. The van der Waals surface area contributed by atoms with Crippen LogP contribution in [0.5, 0.6) is 0 Å². The number of pyridine rings is 1. The number of esters is 1. The van der Waals surface area contributed by atoms with Gasteiger partial charge in [0.25, 0.3) is 0 Å². The first kappa shape index (κ1) is 17.3. The molecule has 0 aliphatic heterocycles. The van der Waals surface area contributed by atoms with Crippen LogP contribution >= 0.6 is 34.7 Å². The molecule has 0 fully saturated rings. The predicted molar refractivity (Wildman–Crippen MR) is 106 cm³/mol. The van der Waals surface area contributed by atoms with Crippen LogP contribution in [-0.2, 0) is 22.0 Å². The highest BCUT2D eigenvalue weighted by Crippen LogP contribution is 2.30. The summed E-state index contributed by atoms with van der Waals surface area (Å²) in [6.07, 6.45) is 1.83. The van der Waals surface area contributed by atoms with Gasteiger partial charge in [0.15, 0.2) is 11.9 Å². The molecule has 26 heavy (non-hydrogen) atoms. The minimum atomic E-state index is -0.453. The summed E-state index contributed by atoms with van der Waals surface area (Å²) in [4.78, 5) is 20.6. The highest BCUT2D eigenvalue weighted by molar-refractivity contribution is 7.98. The molecule has 0 aliphatic carbocycles. The maximum atomic E-state index is 11.4. The van der Waals surface area contributed by atoms with E-state index in [1.54, 1.807) is 23.1 Å². The number of hydrogen-bond donors (Lipinski definition) is 0. The zero-order chi connectivity index (χ0) is 17.9. The van der Waals surface area contributed by atoms with E-state index in [9.17, 15) is 4.79 Å². The molecule has 0 spiro atoms. The van der Waals surface area contributed by atoms with Gasteiger partial charge in [-0.3, -0.25) is 14.3 Å². The van der Waals surface area contributed by atoms with E-state index in [1.165, 1.54) is 10.1 Å². The number of benzene rings is 1. The molecule has 0 amide bonds. The van der Waals surface area contributed by atoms with Crippen LogP contribution in [0, 0.1) is 0 Å². The number of aromatic nitrogens is 3. The maximum Gasteiger partial charge on any atom is 0.322 e. The number of thioether (sulfide) groups is 1. The summed E-state index contributed by atoms with van der Waals surface area (Å²) in [5.74, 6) is 0.0646. The number of hydrogen-bond acceptors (Lipinski definition) is 6. The van der Waals surface area contributed by atoms with E-state index in [0.29, 0.717) is 5.75 Å². The molecule has 0 N–H and O–H groups in total. The minimum Gasteiger partial charge on any atom is -0.443 e. The number of imidazole rings is 1. The molecular formula is C18H14ClN3O2S2. The third kappa shape index (κ3) is 3.42. The van der Waals surface area contributed by atoms with Crippen molar-refractivity contribution >= 4 is 61.8 Å². The number of halogens is 1. The van der Waals surface area contributed by atoms with Crippen molar-refractivity contribution < 1.29 is 9.53 Å². The largest absolute Gasteiger partial charge is 0.443 e. The van der Waals surface area contributed by atoms with Crippen molar-refractivity contribution in [3.63, 3.8) is 0 Å². The van der Waals surface area contributed by atoms with E-state index >= 15 is 0 Å². The number of fused-ring (bicyclic) bond motifs is 2. The molecule has 3 aromatic heterocycles. The van der Waals surface area contributed by atoms with E-state index in [-0.39, 0.29) is 12.6 Å². The van der Waals surface area contributed by atoms with Crippen molar-refractivity contribution in [2.24, 2.45) is 0 Å². The molecule has 3 heterocycles. The molecule has 4 aromatic rings. The van der Waals surface area contributed by atoms with E-state index in [4.69, 9.17) is 16.3 Å². The van der Waals surface area contributed by atoms with Crippen LogP contribution in [0.3, 0.4) is 0 Å². The Labute approximate surface area is 163 Å². The van der Waals surface area contributed by atoms with Crippen molar-refractivity contribution in [1.29, 1.82) is 0 Å². The first-order valence-corrected chi connectivity index (χ1v) is 10.3. The van der Waals surface area contributed by atoms with Crippen LogP contribution in [0.25, 0.3) is 21.1 Å². The number of rotatable bonds is 6. The van der Waals surface area contributed by atoms with Crippen LogP contribution in [0.4, 0.5) is 0 Å². The Hall–Kier alpha value is -2.09. The molecule has 0 bridgehead atoms. The maximum absolute atomic E-state index is 11.4. The smallest absolute Gasteiger partial charge is 0.322 e. The SMILES string of the molecule is O=C(CCl)OCn1c(SCc2nccc3ccsc23)nc2ccccc21. The van der Waals surface area contributed by atoms with Gasteiger partial charge in [-0.1, -0.05) is 23.9 Å². The zero-order valence-electron chi connectivity index (χ0n) is 13.6. The molecular weight excluding hydrogens is 390 g/mol. The Morgan fingerprint density at radius 2 is 2.15 bits per heavy atom. The number of para-hydroxylation sites is 2. The monoisotopic (exact) mass is 403 g/mol. The molecule has 8 heteroatoms. The minimum absolute atomic E-state index is 0.0883. The molecule has 0 saturated carbocycles. The quantitative estimate of drug-likeness (QED) is 0.266. The standard InChI is InChI=1S/C18H14ClN3O2S2/c19-9-16(23)24-11-22-15-4-2-1-3-13(15)21-18(22)26-10-14-17-12(5-7-20-14)6-8-25-17/h1-8H,9-11H2. The second-order valence-corrected chi connectivity index (χ2v) is 7.60. The Kier molecular flexibility index (Phi) is 5.10. The van der Waals surface area contributed by atoms with Gasteiger partial charge in [0.2, 0.25) is 0 Å². The topological polar surface area (TPSA) is 57.0 Å². The first-order chi connectivity index (χ1) is 12.8. The fourth-order valence-corrected chi connectivity index (χ4v) is 4.66. The number of alkyl halides is 1. The number of nitrogens with zero attached hydrogens (tertiary/aromatic N) is 3. The van der Waals surface area contributed by atoms with Gasteiger partial charge in [0.05, 0.1) is 21.4 Å².